The molecule has 0 aliphatic carbocycles. The predicted octanol–water partition coefficient (Wildman–Crippen LogP) is 1.17. The maximum absolute atomic E-state index is 12.1. The lowest BCUT2D eigenvalue weighted by atomic mass is 10.3. The van der Waals surface area contributed by atoms with Gasteiger partial charge in [0.2, 0.25) is 10.0 Å². The highest BCUT2D eigenvalue weighted by Crippen LogP contribution is 2.16. The second-order valence-corrected chi connectivity index (χ2v) is 7.44. The molecular formula is C14H15N3O5S2. The van der Waals surface area contributed by atoms with Gasteiger partial charge in [-0.25, -0.2) is 13.9 Å². The molecule has 0 saturated heterocycles. The molecule has 0 saturated carbocycles. The Kier molecular flexibility index (Phi) is 5.67. The Hall–Kier alpha value is -2.27. The number of carbonyl (C=O) groups excluding carboxylic acids is 2. The van der Waals surface area contributed by atoms with Crippen LogP contribution in [0.4, 0.5) is 5.69 Å². The third kappa shape index (κ3) is 4.38. The van der Waals surface area contributed by atoms with Gasteiger partial charge < -0.3 is 5.32 Å². The van der Waals surface area contributed by atoms with Crippen molar-refractivity contribution in [1.29, 1.82) is 0 Å². The fourth-order valence-electron chi connectivity index (χ4n) is 1.77. The zero-order valence-electron chi connectivity index (χ0n) is 12.5. The summed E-state index contributed by atoms with van der Waals surface area (Å²) in [6, 6.07) is 7.78. The summed E-state index contributed by atoms with van der Waals surface area (Å²) in [6.45, 7) is 1.29. The fraction of sp³-hybridized carbons (Fsp3) is 0.143. The number of rotatable bonds is 6. The lowest BCUT2D eigenvalue weighted by molar-refractivity contribution is -0.130. The molecule has 0 fully saturated rings. The molecule has 10 heteroatoms. The lowest BCUT2D eigenvalue weighted by Crippen LogP contribution is -2.43. The van der Waals surface area contributed by atoms with E-state index in [-0.39, 0.29) is 10.8 Å². The third-order valence-electron chi connectivity index (χ3n) is 3.00. The third-order valence-corrected chi connectivity index (χ3v) is 5.43. The normalized spacial score (nSPS) is 12.4. The Labute approximate surface area is 142 Å². The van der Waals surface area contributed by atoms with E-state index < -0.39 is 22.0 Å². The van der Waals surface area contributed by atoms with Crippen LogP contribution in [0.15, 0.2) is 46.7 Å². The van der Waals surface area contributed by atoms with Gasteiger partial charge in [0, 0.05) is 5.69 Å². The maximum Gasteiger partial charge on any atom is 0.265 e. The van der Waals surface area contributed by atoms with Crippen LogP contribution in [0.1, 0.15) is 16.6 Å². The van der Waals surface area contributed by atoms with E-state index in [0.29, 0.717) is 10.6 Å². The lowest BCUT2D eigenvalue weighted by Gasteiger charge is -2.12. The first-order valence-electron chi connectivity index (χ1n) is 6.74. The largest absolute Gasteiger partial charge is 0.321 e. The number of benzene rings is 1. The summed E-state index contributed by atoms with van der Waals surface area (Å²) in [5.74, 6) is -1.16. The van der Waals surface area contributed by atoms with Gasteiger partial charge in [-0.15, -0.1) is 11.3 Å². The van der Waals surface area contributed by atoms with E-state index in [9.17, 15) is 18.0 Å². The molecule has 0 radical (unpaired) electrons. The summed E-state index contributed by atoms with van der Waals surface area (Å²) in [4.78, 5) is 23.5. The molecule has 0 spiro atoms. The van der Waals surface area contributed by atoms with E-state index in [2.05, 4.69) is 10.0 Å². The molecule has 2 rings (SSSR count). The SMILES string of the molecule is C[C@@H](NS(=O)(=O)c1ccc(NC(=O)c2cccs2)cc1)C(=O)NO. The average molecular weight is 369 g/mol. The van der Waals surface area contributed by atoms with Crippen molar-refractivity contribution in [3.8, 4) is 0 Å². The average Bonchev–Trinajstić information content (AvgIpc) is 3.08. The van der Waals surface area contributed by atoms with Crippen LogP contribution in [0.2, 0.25) is 0 Å². The van der Waals surface area contributed by atoms with Crippen LogP contribution in [0.3, 0.4) is 0 Å². The maximum atomic E-state index is 12.1. The van der Waals surface area contributed by atoms with Crippen molar-refractivity contribution >= 4 is 38.9 Å². The van der Waals surface area contributed by atoms with E-state index in [0.717, 1.165) is 0 Å². The molecule has 1 aromatic heterocycles. The molecule has 24 heavy (non-hydrogen) atoms. The highest BCUT2D eigenvalue weighted by Gasteiger charge is 2.21. The van der Waals surface area contributed by atoms with Gasteiger partial charge in [-0.1, -0.05) is 6.07 Å². The molecule has 128 valence electrons. The van der Waals surface area contributed by atoms with Gasteiger partial charge in [0.25, 0.3) is 11.8 Å². The van der Waals surface area contributed by atoms with Crippen LogP contribution in [0.5, 0.6) is 0 Å². The van der Waals surface area contributed by atoms with Crippen molar-refractivity contribution < 1.29 is 23.2 Å². The molecule has 1 aromatic carbocycles. The molecule has 0 aliphatic rings. The molecular weight excluding hydrogens is 354 g/mol. The van der Waals surface area contributed by atoms with Crippen LogP contribution in [-0.2, 0) is 14.8 Å². The summed E-state index contributed by atoms with van der Waals surface area (Å²) in [5.41, 5.74) is 1.81. The molecule has 2 aromatic rings. The number of sulfonamides is 1. The molecule has 2 amide bonds. The highest BCUT2D eigenvalue weighted by molar-refractivity contribution is 7.89. The van der Waals surface area contributed by atoms with Crippen molar-refractivity contribution in [3.05, 3.63) is 46.7 Å². The van der Waals surface area contributed by atoms with E-state index in [4.69, 9.17) is 5.21 Å². The van der Waals surface area contributed by atoms with Gasteiger partial charge in [0.1, 0.15) is 6.04 Å². The Morgan fingerprint density at radius 2 is 1.83 bits per heavy atom. The topological polar surface area (TPSA) is 125 Å². The van der Waals surface area contributed by atoms with Crippen LogP contribution >= 0.6 is 11.3 Å². The first-order chi connectivity index (χ1) is 11.3. The minimum atomic E-state index is -3.94. The summed E-state index contributed by atoms with van der Waals surface area (Å²) < 4.78 is 26.4. The summed E-state index contributed by atoms with van der Waals surface area (Å²) >= 11 is 1.29. The van der Waals surface area contributed by atoms with E-state index in [1.165, 1.54) is 48.0 Å². The second kappa shape index (κ2) is 7.53. The number of anilines is 1. The zero-order valence-corrected chi connectivity index (χ0v) is 14.1. The van der Waals surface area contributed by atoms with Crippen molar-refractivity contribution in [1.82, 2.24) is 10.2 Å². The molecule has 4 N–H and O–H groups in total. The highest BCUT2D eigenvalue weighted by atomic mass is 32.2. The van der Waals surface area contributed by atoms with Crippen molar-refractivity contribution in [2.24, 2.45) is 0 Å². The quantitative estimate of drug-likeness (QED) is 0.449. The van der Waals surface area contributed by atoms with E-state index in [1.807, 2.05) is 0 Å². The molecule has 8 nitrogen and oxygen atoms in total. The second-order valence-electron chi connectivity index (χ2n) is 4.77. The number of hydrogen-bond acceptors (Lipinski definition) is 6. The first kappa shape index (κ1) is 18.1. The number of carbonyl (C=O) groups is 2. The smallest absolute Gasteiger partial charge is 0.265 e. The molecule has 1 atom stereocenters. The minimum absolute atomic E-state index is 0.0748. The minimum Gasteiger partial charge on any atom is -0.321 e. The van der Waals surface area contributed by atoms with E-state index >= 15 is 0 Å². The first-order valence-corrected chi connectivity index (χ1v) is 9.11. The number of amides is 2. The number of nitrogens with one attached hydrogen (secondary N) is 3. The van der Waals surface area contributed by atoms with Crippen LogP contribution in [-0.4, -0.2) is 31.5 Å². The van der Waals surface area contributed by atoms with Crippen molar-refractivity contribution in [2.45, 2.75) is 17.9 Å². The number of hydroxylamine groups is 1. The van der Waals surface area contributed by atoms with Gasteiger partial charge in [-0.05, 0) is 42.6 Å². The van der Waals surface area contributed by atoms with Gasteiger partial charge >= 0.3 is 0 Å². The van der Waals surface area contributed by atoms with Crippen LogP contribution in [0, 0.1) is 0 Å². The molecule has 1 heterocycles. The van der Waals surface area contributed by atoms with Gasteiger partial charge in [-0.3, -0.25) is 14.8 Å². The van der Waals surface area contributed by atoms with Gasteiger partial charge in [0.15, 0.2) is 0 Å². The van der Waals surface area contributed by atoms with Crippen molar-refractivity contribution in [2.75, 3.05) is 5.32 Å². The Morgan fingerprint density at radius 1 is 1.17 bits per heavy atom. The van der Waals surface area contributed by atoms with Gasteiger partial charge in [-0.2, -0.15) is 4.72 Å². The standard InChI is InChI=1S/C14H15N3O5S2/c1-9(13(18)16-20)17-24(21,22)11-6-4-10(5-7-11)15-14(19)12-3-2-8-23-12/h2-9,17,20H,1H3,(H,15,19)(H,16,18)/t9-/m1/s1. The summed E-state index contributed by atoms with van der Waals surface area (Å²) in [7, 11) is -3.94. The number of hydrogen-bond donors (Lipinski definition) is 4. The predicted molar refractivity (Wildman–Crippen MR) is 88.4 cm³/mol. The summed E-state index contributed by atoms with van der Waals surface area (Å²) in [5, 5.41) is 12.9. The molecule has 0 unspecified atom stereocenters. The zero-order chi connectivity index (χ0) is 17.7. The molecule has 0 aliphatic heterocycles. The monoisotopic (exact) mass is 369 g/mol. The summed E-state index contributed by atoms with van der Waals surface area (Å²) in [6.07, 6.45) is 0. The van der Waals surface area contributed by atoms with Crippen molar-refractivity contribution in [3.63, 3.8) is 0 Å². The fourth-order valence-corrected chi connectivity index (χ4v) is 3.59. The Morgan fingerprint density at radius 3 is 2.38 bits per heavy atom. The number of thiophene rings is 1. The van der Waals surface area contributed by atoms with Crippen LogP contribution in [0.25, 0.3) is 0 Å². The molecule has 0 bridgehead atoms. The van der Waals surface area contributed by atoms with Gasteiger partial charge in [0.05, 0.1) is 9.77 Å². The Balaban J connectivity index is 2.08. The van der Waals surface area contributed by atoms with E-state index in [1.54, 1.807) is 17.5 Å². The van der Waals surface area contributed by atoms with Crippen LogP contribution < -0.4 is 15.5 Å². The Bertz CT molecular complexity index is 817.